The first-order valence-electron chi connectivity index (χ1n) is 4.16. The summed E-state index contributed by atoms with van der Waals surface area (Å²) >= 11 is 0. The van der Waals surface area contributed by atoms with E-state index in [2.05, 4.69) is 0 Å². The lowest BCUT2D eigenvalue weighted by atomic mass is 10.1. The predicted molar refractivity (Wildman–Crippen MR) is 47.6 cm³/mol. The lowest BCUT2D eigenvalue weighted by Gasteiger charge is -2.19. The largest absolute Gasteiger partial charge is 0.486 e. The third-order valence-electron chi connectivity index (χ3n) is 1.94. The minimum Gasteiger partial charge on any atom is -0.486 e. The van der Waals surface area contributed by atoms with Gasteiger partial charge >= 0.3 is 0 Å². The van der Waals surface area contributed by atoms with Crippen molar-refractivity contribution in [1.29, 1.82) is 0 Å². The molecule has 0 aliphatic carbocycles. The Morgan fingerprint density at radius 3 is 2.85 bits per heavy atom. The van der Waals surface area contributed by atoms with Crippen molar-refractivity contribution >= 4 is 6.29 Å². The minimum atomic E-state index is 0.511. The first-order valence-corrected chi connectivity index (χ1v) is 4.16. The summed E-state index contributed by atoms with van der Waals surface area (Å²) < 4.78 is 10.7. The van der Waals surface area contributed by atoms with Gasteiger partial charge in [-0.3, -0.25) is 4.79 Å². The van der Waals surface area contributed by atoms with Crippen LogP contribution in [0.15, 0.2) is 12.1 Å². The second kappa shape index (κ2) is 3.09. The summed E-state index contributed by atoms with van der Waals surface area (Å²) in [5, 5.41) is 0. The number of aryl methyl sites for hydroxylation is 1. The van der Waals surface area contributed by atoms with Gasteiger partial charge in [0.05, 0.1) is 5.56 Å². The van der Waals surface area contributed by atoms with Gasteiger partial charge in [-0.2, -0.15) is 0 Å². The third-order valence-corrected chi connectivity index (χ3v) is 1.94. The first kappa shape index (κ1) is 8.10. The van der Waals surface area contributed by atoms with Gasteiger partial charge in [-0.05, 0) is 24.6 Å². The van der Waals surface area contributed by atoms with Crippen LogP contribution in [0.2, 0.25) is 0 Å². The van der Waals surface area contributed by atoms with Crippen molar-refractivity contribution in [3.05, 3.63) is 23.3 Å². The maximum atomic E-state index is 10.7. The molecule has 0 bridgehead atoms. The fourth-order valence-corrected chi connectivity index (χ4v) is 1.41. The highest BCUT2D eigenvalue weighted by molar-refractivity contribution is 5.81. The Kier molecular flexibility index (Phi) is 1.93. The van der Waals surface area contributed by atoms with Crippen molar-refractivity contribution in [2.45, 2.75) is 6.92 Å². The molecule has 1 heterocycles. The number of hydrogen-bond donors (Lipinski definition) is 0. The normalized spacial score (nSPS) is 13.9. The molecule has 0 spiro atoms. The van der Waals surface area contributed by atoms with E-state index in [0.29, 0.717) is 30.3 Å². The van der Waals surface area contributed by atoms with Crippen LogP contribution in [0, 0.1) is 6.92 Å². The summed E-state index contributed by atoms with van der Waals surface area (Å²) in [6, 6.07) is 3.67. The highest BCUT2D eigenvalue weighted by Gasteiger charge is 2.15. The Morgan fingerprint density at radius 2 is 2.08 bits per heavy atom. The molecule has 3 nitrogen and oxygen atoms in total. The first-order chi connectivity index (χ1) is 6.31. The van der Waals surface area contributed by atoms with Crippen LogP contribution in [0.1, 0.15) is 15.9 Å². The fraction of sp³-hybridized carbons (Fsp3) is 0.300. The molecule has 1 aromatic carbocycles. The Labute approximate surface area is 76.3 Å². The molecule has 1 aliphatic rings. The van der Waals surface area contributed by atoms with Gasteiger partial charge in [0.25, 0.3) is 0 Å². The number of benzene rings is 1. The standard InChI is InChI=1S/C10H10O3/c1-7-4-8(6-11)10-9(5-7)12-2-3-13-10/h4-6H,2-3H2,1H3. The Bertz CT molecular complexity index is 344. The zero-order chi connectivity index (χ0) is 9.26. The van der Waals surface area contributed by atoms with Crippen LogP contribution in [0.25, 0.3) is 0 Å². The summed E-state index contributed by atoms with van der Waals surface area (Å²) in [6.07, 6.45) is 0.792. The number of ether oxygens (including phenoxy) is 2. The maximum absolute atomic E-state index is 10.7. The van der Waals surface area contributed by atoms with E-state index in [0.717, 1.165) is 11.8 Å². The van der Waals surface area contributed by atoms with E-state index in [9.17, 15) is 4.79 Å². The Balaban J connectivity index is 2.56. The van der Waals surface area contributed by atoms with Crippen LogP contribution in [-0.2, 0) is 0 Å². The lowest BCUT2D eigenvalue weighted by molar-refractivity contribution is 0.111. The SMILES string of the molecule is Cc1cc(C=O)c2c(c1)OCCO2. The van der Waals surface area contributed by atoms with Crippen LogP contribution in [0.5, 0.6) is 11.5 Å². The second-order valence-electron chi connectivity index (χ2n) is 3.00. The number of aldehydes is 1. The zero-order valence-electron chi connectivity index (χ0n) is 7.37. The number of rotatable bonds is 1. The Hall–Kier alpha value is -1.51. The van der Waals surface area contributed by atoms with Gasteiger partial charge < -0.3 is 9.47 Å². The van der Waals surface area contributed by atoms with E-state index >= 15 is 0 Å². The van der Waals surface area contributed by atoms with Crippen molar-refractivity contribution in [3.63, 3.8) is 0 Å². The molecule has 68 valence electrons. The monoisotopic (exact) mass is 178 g/mol. The van der Waals surface area contributed by atoms with E-state index in [4.69, 9.17) is 9.47 Å². The van der Waals surface area contributed by atoms with Crippen molar-refractivity contribution in [2.24, 2.45) is 0 Å². The van der Waals surface area contributed by atoms with Gasteiger partial charge in [-0.25, -0.2) is 0 Å². The van der Waals surface area contributed by atoms with Gasteiger partial charge in [-0.15, -0.1) is 0 Å². The van der Waals surface area contributed by atoms with E-state index in [-0.39, 0.29) is 0 Å². The summed E-state index contributed by atoms with van der Waals surface area (Å²) in [5.74, 6) is 1.25. The summed E-state index contributed by atoms with van der Waals surface area (Å²) in [6.45, 7) is 2.98. The molecule has 1 aliphatic heterocycles. The van der Waals surface area contributed by atoms with Crippen molar-refractivity contribution in [1.82, 2.24) is 0 Å². The molecule has 0 unspecified atom stereocenters. The molecule has 0 radical (unpaired) electrons. The summed E-state index contributed by atoms with van der Waals surface area (Å²) in [7, 11) is 0. The zero-order valence-corrected chi connectivity index (χ0v) is 7.37. The number of carbonyl (C=O) groups excluding carboxylic acids is 1. The predicted octanol–water partition coefficient (Wildman–Crippen LogP) is 1.58. The molecular weight excluding hydrogens is 168 g/mol. The highest BCUT2D eigenvalue weighted by atomic mass is 16.6. The fourth-order valence-electron chi connectivity index (χ4n) is 1.41. The number of carbonyl (C=O) groups is 1. The molecule has 0 saturated carbocycles. The molecule has 2 rings (SSSR count). The molecule has 0 aromatic heterocycles. The van der Waals surface area contributed by atoms with E-state index in [1.54, 1.807) is 6.07 Å². The summed E-state index contributed by atoms with van der Waals surface area (Å²) in [4.78, 5) is 10.7. The van der Waals surface area contributed by atoms with Gasteiger partial charge in [0.15, 0.2) is 17.8 Å². The average Bonchev–Trinajstić information content (AvgIpc) is 2.16. The van der Waals surface area contributed by atoms with E-state index in [1.165, 1.54) is 0 Å². The van der Waals surface area contributed by atoms with Crippen LogP contribution < -0.4 is 9.47 Å². The minimum absolute atomic E-state index is 0.511. The molecule has 0 N–H and O–H groups in total. The van der Waals surface area contributed by atoms with E-state index < -0.39 is 0 Å². The van der Waals surface area contributed by atoms with Gasteiger partial charge in [0.2, 0.25) is 0 Å². The quantitative estimate of drug-likeness (QED) is 0.612. The molecule has 13 heavy (non-hydrogen) atoms. The van der Waals surface area contributed by atoms with Crippen LogP contribution in [0.3, 0.4) is 0 Å². The molecule has 3 heteroatoms. The van der Waals surface area contributed by atoms with Crippen LogP contribution in [-0.4, -0.2) is 19.5 Å². The molecule has 1 aromatic rings. The number of fused-ring (bicyclic) bond motifs is 1. The topological polar surface area (TPSA) is 35.5 Å². The van der Waals surface area contributed by atoms with E-state index in [1.807, 2.05) is 13.0 Å². The second-order valence-corrected chi connectivity index (χ2v) is 3.00. The van der Waals surface area contributed by atoms with Gasteiger partial charge in [0, 0.05) is 0 Å². The lowest BCUT2D eigenvalue weighted by Crippen LogP contribution is -2.16. The Morgan fingerprint density at radius 1 is 1.31 bits per heavy atom. The van der Waals surface area contributed by atoms with Crippen LogP contribution >= 0.6 is 0 Å². The van der Waals surface area contributed by atoms with Gasteiger partial charge in [-0.1, -0.05) is 0 Å². The molecule has 0 atom stereocenters. The van der Waals surface area contributed by atoms with Crippen molar-refractivity contribution < 1.29 is 14.3 Å². The summed E-state index contributed by atoms with van der Waals surface area (Å²) in [5.41, 5.74) is 1.57. The highest BCUT2D eigenvalue weighted by Crippen LogP contribution is 2.33. The maximum Gasteiger partial charge on any atom is 0.171 e. The molecule has 0 amide bonds. The van der Waals surface area contributed by atoms with Crippen molar-refractivity contribution in [3.8, 4) is 11.5 Å². The third kappa shape index (κ3) is 1.37. The molecular formula is C10H10O3. The molecule has 0 saturated heterocycles. The van der Waals surface area contributed by atoms with Crippen LogP contribution in [0.4, 0.5) is 0 Å². The van der Waals surface area contributed by atoms with Gasteiger partial charge in [0.1, 0.15) is 13.2 Å². The van der Waals surface area contributed by atoms with Crippen molar-refractivity contribution in [2.75, 3.05) is 13.2 Å². The number of hydrogen-bond acceptors (Lipinski definition) is 3. The smallest absolute Gasteiger partial charge is 0.171 e. The molecule has 0 fully saturated rings. The average molecular weight is 178 g/mol.